The topological polar surface area (TPSA) is 32.3 Å². The Morgan fingerprint density at radius 3 is 2.68 bits per heavy atom. The summed E-state index contributed by atoms with van der Waals surface area (Å²) in [6, 6.07) is 5.41. The second-order valence-corrected chi connectivity index (χ2v) is 4.79. The van der Waals surface area contributed by atoms with E-state index in [1.54, 1.807) is 13.0 Å². The first-order valence-electron chi connectivity index (χ1n) is 5.99. The number of carbonyl (C=O) groups is 1. The van der Waals surface area contributed by atoms with Crippen LogP contribution in [0.3, 0.4) is 0 Å². The fourth-order valence-corrected chi connectivity index (χ4v) is 2.50. The van der Waals surface area contributed by atoms with Crippen molar-refractivity contribution in [2.45, 2.75) is 18.6 Å². The number of alkyl halides is 3. The first-order valence-corrected chi connectivity index (χ1v) is 5.99. The Hall–Kier alpha value is -1.56. The minimum absolute atomic E-state index is 0.127. The van der Waals surface area contributed by atoms with Gasteiger partial charge in [-0.3, -0.25) is 4.79 Å². The van der Waals surface area contributed by atoms with Crippen LogP contribution in [0.1, 0.15) is 18.1 Å². The van der Waals surface area contributed by atoms with Gasteiger partial charge in [0.05, 0.1) is 11.1 Å². The molecular formula is C13H15F3N2O. The van der Waals surface area contributed by atoms with Gasteiger partial charge in [-0.1, -0.05) is 18.2 Å². The van der Waals surface area contributed by atoms with Crippen molar-refractivity contribution in [1.29, 1.82) is 0 Å². The number of rotatable bonds is 2. The zero-order chi connectivity index (χ0) is 14.1. The molecule has 1 aliphatic heterocycles. The highest BCUT2D eigenvalue weighted by Gasteiger charge is 2.42. The molecule has 6 heteroatoms. The standard InChI is InChI=1S/C13H15F3N2O/c1-12(8-17-6-7-18(12)9-19)10-4-2-3-5-11(10)13(14,15)16/h2-5,9,17H,6-8H2,1H3. The molecule has 1 saturated heterocycles. The van der Waals surface area contributed by atoms with E-state index in [9.17, 15) is 18.0 Å². The Labute approximate surface area is 109 Å². The summed E-state index contributed by atoms with van der Waals surface area (Å²) in [4.78, 5) is 12.6. The van der Waals surface area contributed by atoms with Crippen molar-refractivity contribution in [1.82, 2.24) is 10.2 Å². The van der Waals surface area contributed by atoms with E-state index in [2.05, 4.69) is 5.32 Å². The van der Waals surface area contributed by atoms with Crippen molar-refractivity contribution in [2.75, 3.05) is 19.6 Å². The molecule has 1 amide bonds. The summed E-state index contributed by atoms with van der Waals surface area (Å²) in [7, 11) is 0. The molecule has 0 bridgehead atoms. The molecule has 0 aromatic heterocycles. The molecule has 19 heavy (non-hydrogen) atoms. The van der Waals surface area contributed by atoms with Crippen molar-refractivity contribution in [2.24, 2.45) is 0 Å². The zero-order valence-corrected chi connectivity index (χ0v) is 10.5. The molecule has 0 spiro atoms. The predicted molar refractivity (Wildman–Crippen MR) is 64.4 cm³/mol. The molecule has 1 aromatic rings. The van der Waals surface area contributed by atoms with Crippen molar-refractivity contribution in [3.63, 3.8) is 0 Å². The molecule has 1 N–H and O–H groups in total. The summed E-state index contributed by atoms with van der Waals surface area (Å²) in [5.74, 6) is 0. The van der Waals surface area contributed by atoms with Gasteiger partial charge >= 0.3 is 6.18 Å². The van der Waals surface area contributed by atoms with Crippen LogP contribution in [-0.2, 0) is 16.5 Å². The number of piperazine rings is 1. The number of nitrogens with one attached hydrogen (secondary N) is 1. The molecule has 1 aromatic carbocycles. The molecule has 2 rings (SSSR count). The first kappa shape index (κ1) is 13.9. The molecule has 0 radical (unpaired) electrons. The SMILES string of the molecule is CC1(c2ccccc2C(F)(F)F)CNCCN1C=O. The lowest BCUT2D eigenvalue weighted by atomic mass is 9.85. The fraction of sp³-hybridized carbons (Fsp3) is 0.462. The van der Waals surface area contributed by atoms with E-state index in [0.29, 0.717) is 26.0 Å². The van der Waals surface area contributed by atoms with Crippen LogP contribution in [0.15, 0.2) is 24.3 Å². The molecule has 104 valence electrons. The highest BCUT2D eigenvalue weighted by atomic mass is 19.4. The Balaban J connectivity index is 2.53. The smallest absolute Gasteiger partial charge is 0.333 e. The number of hydrogen-bond acceptors (Lipinski definition) is 2. The first-order chi connectivity index (χ1) is 8.89. The summed E-state index contributed by atoms with van der Waals surface area (Å²) in [6.45, 7) is 2.94. The maximum Gasteiger partial charge on any atom is 0.416 e. The Morgan fingerprint density at radius 1 is 1.37 bits per heavy atom. The molecule has 1 atom stereocenters. The monoisotopic (exact) mass is 272 g/mol. The van der Waals surface area contributed by atoms with Crippen LogP contribution in [0, 0.1) is 0 Å². The van der Waals surface area contributed by atoms with Crippen LogP contribution in [-0.4, -0.2) is 30.9 Å². The Morgan fingerprint density at radius 2 is 2.05 bits per heavy atom. The number of carbonyl (C=O) groups excluding carboxylic acids is 1. The molecule has 0 aliphatic carbocycles. The van der Waals surface area contributed by atoms with Crippen molar-refractivity contribution >= 4 is 6.41 Å². The third-order valence-corrected chi connectivity index (χ3v) is 3.57. The van der Waals surface area contributed by atoms with Crippen LogP contribution in [0.2, 0.25) is 0 Å². The molecular weight excluding hydrogens is 257 g/mol. The summed E-state index contributed by atoms with van der Waals surface area (Å²) in [5.41, 5.74) is -1.54. The van der Waals surface area contributed by atoms with Gasteiger partial charge in [0.1, 0.15) is 0 Å². The maximum absolute atomic E-state index is 13.1. The summed E-state index contributed by atoms with van der Waals surface area (Å²) in [6.07, 6.45) is -3.81. The minimum atomic E-state index is -4.42. The average Bonchev–Trinajstić information content (AvgIpc) is 2.38. The van der Waals surface area contributed by atoms with E-state index in [1.165, 1.54) is 17.0 Å². The van der Waals surface area contributed by atoms with Crippen LogP contribution in [0.4, 0.5) is 13.2 Å². The number of hydrogen-bond donors (Lipinski definition) is 1. The third kappa shape index (κ3) is 2.45. The minimum Gasteiger partial charge on any atom is -0.333 e. The molecule has 1 heterocycles. The Kier molecular flexibility index (Phi) is 3.54. The lowest BCUT2D eigenvalue weighted by molar-refractivity contribution is -0.141. The number of halogens is 3. The molecule has 1 aliphatic rings. The largest absolute Gasteiger partial charge is 0.416 e. The van der Waals surface area contributed by atoms with Crippen LogP contribution in [0.5, 0.6) is 0 Å². The maximum atomic E-state index is 13.1. The van der Waals surface area contributed by atoms with E-state index >= 15 is 0 Å². The predicted octanol–water partition coefficient (Wildman–Crippen LogP) is 1.98. The van der Waals surface area contributed by atoms with Crippen molar-refractivity contribution < 1.29 is 18.0 Å². The normalized spacial score (nSPS) is 24.3. The highest BCUT2D eigenvalue weighted by Crippen LogP contribution is 2.39. The van der Waals surface area contributed by atoms with Crippen LogP contribution < -0.4 is 5.32 Å². The third-order valence-electron chi connectivity index (χ3n) is 3.57. The van der Waals surface area contributed by atoms with Gasteiger partial charge in [-0.25, -0.2) is 0 Å². The van der Waals surface area contributed by atoms with Gasteiger partial charge in [-0.2, -0.15) is 13.2 Å². The zero-order valence-electron chi connectivity index (χ0n) is 10.5. The van der Waals surface area contributed by atoms with Gasteiger partial charge in [0.25, 0.3) is 0 Å². The number of benzene rings is 1. The van der Waals surface area contributed by atoms with E-state index in [4.69, 9.17) is 0 Å². The second kappa shape index (κ2) is 4.85. The molecule has 0 saturated carbocycles. The van der Waals surface area contributed by atoms with E-state index in [0.717, 1.165) is 6.07 Å². The fourth-order valence-electron chi connectivity index (χ4n) is 2.50. The van der Waals surface area contributed by atoms with Crippen molar-refractivity contribution in [3.8, 4) is 0 Å². The van der Waals surface area contributed by atoms with Gasteiger partial charge < -0.3 is 10.2 Å². The Bertz CT molecular complexity index is 475. The van der Waals surface area contributed by atoms with Gasteiger partial charge in [0.15, 0.2) is 0 Å². The summed E-state index contributed by atoms with van der Waals surface area (Å²) >= 11 is 0. The summed E-state index contributed by atoms with van der Waals surface area (Å²) < 4.78 is 39.2. The second-order valence-electron chi connectivity index (χ2n) is 4.79. The average molecular weight is 272 g/mol. The number of nitrogens with zero attached hydrogens (tertiary/aromatic N) is 1. The summed E-state index contributed by atoms with van der Waals surface area (Å²) in [5, 5.41) is 3.05. The molecule has 1 fully saturated rings. The van der Waals surface area contributed by atoms with Crippen LogP contribution in [0.25, 0.3) is 0 Å². The lowest BCUT2D eigenvalue weighted by Crippen LogP contribution is -2.57. The van der Waals surface area contributed by atoms with Gasteiger partial charge in [0.2, 0.25) is 6.41 Å². The van der Waals surface area contributed by atoms with E-state index in [1.807, 2.05) is 0 Å². The van der Waals surface area contributed by atoms with Gasteiger partial charge in [-0.05, 0) is 18.6 Å². The molecule has 1 unspecified atom stereocenters. The van der Waals surface area contributed by atoms with Gasteiger partial charge in [-0.15, -0.1) is 0 Å². The van der Waals surface area contributed by atoms with Crippen molar-refractivity contribution in [3.05, 3.63) is 35.4 Å². The van der Waals surface area contributed by atoms with Crippen LogP contribution >= 0.6 is 0 Å². The quantitative estimate of drug-likeness (QED) is 0.835. The van der Waals surface area contributed by atoms with Gasteiger partial charge in [0, 0.05) is 19.6 Å². The lowest BCUT2D eigenvalue weighted by Gasteiger charge is -2.44. The van der Waals surface area contributed by atoms with E-state index in [-0.39, 0.29) is 5.56 Å². The van der Waals surface area contributed by atoms with E-state index < -0.39 is 17.3 Å². The number of amides is 1. The highest BCUT2D eigenvalue weighted by molar-refractivity contribution is 5.52. The molecule has 3 nitrogen and oxygen atoms in total.